The highest BCUT2D eigenvalue weighted by atomic mass is 16.5. The van der Waals surface area contributed by atoms with Crippen molar-refractivity contribution < 1.29 is 19.2 Å². The largest absolute Gasteiger partial charge is 0.494 e. The van der Waals surface area contributed by atoms with Crippen LogP contribution >= 0.6 is 0 Å². The van der Waals surface area contributed by atoms with Crippen LogP contribution < -0.4 is 14.4 Å². The number of hydrogen-bond donors (Lipinski definition) is 1. The Balaban J connectivity index is 1.41. The number of para-hydroxylation sites is 1. The monoisotopic (exact) mass is 355 g/mol. The fourth-order valence-electron chi connectivity index (χ4n) is 3.16. The molecule has 1 aliphatic heterocycles. The average molecular weight is 355 g/mol. The van der Waals surface area contributed by atoms with Gasteiger partial charge in [-0.15, -0.1) is 0 Å². The van der Waals surface area contributed by atoms with E-state index in [0.717, 1.165) is 44.2 Å². The number of rotatable bonds is 7. The molecule has 2 aromatic rings. The summed E-state index contributed by atoms with van der Waals surface area (Å²) in [5.41, 5.74) is 1.30. The second kappa shape index (κ2) is 9.25. The van der Waals surface area contributed by atoms with Crippen molar-refractivity contribution in [3.05, 3.63) is 60.2 Å². The molecule has 5 nitrogen and oxygen atoms in total. The van der Waals surface area contributed by atoms with Crippen LogP contribution in [0.2, 0.25) is 0 Å². The number of quaternary nitrogens is 1. The number of carbonyl (C=O) groups excluding carboxylic acids is 1. The van der Waals surface area contributed by atoms with E-state index in [2.05, 4.69) is 12.1 Å². The van der Waals surface area contributed by atoms with Crippen molar-refractivity contribution in [2.24, 2.45) is 0 Å². The number of carbonyl (C=O) groups is 1. The summed E-state index contributed by atoms with van der Waals surface area (Å²) in [6, 6.07) is 17.8. The molecule has 1 fully saturated rings. The molecule has 2 aromatic carbocycles. The maximum atomic E-state index is 12.3. The van der Waals surface area contributed by atoms with Crippen LogP contribution in [0.25, 0.3) is 0 Å². The van der Waals surface area contributed by atoms with E-state index >= 15 is 0 Å². The fourth-order valence-corrected chi connectivity index (χ4v) is 3.16. The Labute approximate surface area is 155 Å². The molecule has 26 heavy (non-hydrogen) atoms. The van der Waals surface area contributed by atoms with Gasteiger partial charge in [-0.1, -0.05) is 18.2 Å². The van der Waals surface area contributed by atoms with Crippen LogP contribution in [0.3, 0.4) is 0 Å². The minimum atomic E-state index is 0.0639. The van der Waals surface area contributed by atoms with Crippen LogP contribution in [-0.2, 0) is 11.3 Å². The predicted molar refractivity (Wildman–Crippen MR) is 101 cm³/mol. The molecule has 5 heteroatoms. The predicted octanol–water partition coefficient (Wildman–Crippen LogP) is 1.39. The van der Waals surface area contributed by atoms with Crippen molar-refractivity contribution in [1.82, 2.24) is 4.90 Å². The van der Waals surface area contributed by atoms with Gasteiger partial charge in [-0.25, -0.2) is 0 Å². The lowest BCUT2D eigenvalue weighted by molar-refractivity contribution is -0.917. The summed E-state index contributed by atoms with van der Waals surface area (Å²) in [7, 11) is 0. The summed E-state index contributed by atoms with van der Waals surface area (Å²) >= 11 is 0. The molecule has 0 spiro atoms. The highest BCUT2D eigenvalue weighted by molar-refractivity contribution is 5.77. The van der Waals surface area contributed by atoms with Crippen molar-refractivity contribution in [2.75, 3.05) is 39.4 Å². The van der Waals surface area contributed by atoms with Crippen LogP contribution in [0.15, 0.2) is 54.6 Å². The van der Waals surface area contributed by atoms with Gasteiger partial charge in [-0.3, -0.25) is 4.79 Å². The first kappa shape index (κ1) is 18.3. The number of ether oxygens (including phenoxy) is 2. The highest BCUT2D eigenvalue weighted by Crippen LogP contribution is 2.11. The van der Waals surface area contributed by atoms with E-state index in [-0.39, 0.29) is 12.5 Å². The van der Waals surface area contributed by atoms with Gasteiger partial charge in [0.25, 0.3) is 5.91 Å². The first-order valence-corrected chi connectivity index (χ1v) is 9.25. The van der Waals surface area contributed by atoms with E-state index in [1.165, 1.54) is 10.5 Å². The van der Waals surface area contributed by atoms with Gasteiger partial charge in [0.1, 0.15) is 18.0 Å². The van der Waals surface area contributed by atoms with Crippen molar-refractivity contribution in [1.29, 1.82) is 0 Å². The Kier molecular flexibility index (Phi) is 6.50. The SMILES string of the molecule is CCOc1ccc(C[NH+]2CCN(C(=O)COc3ccccc3)CC2)cc1. The van der Waals surface area contributed by atoms with E-state index in [9.17, 15) is 4.79 Å². The zero-order chi connectivity index (χ0) is 18.2. The Hall–Kier alpha value is -2.53. The summed E-state index contributed by atoms with van der Waals surface area (Å²) in [5.74, 6) is 1.72. The number of piperazine rings is 1. The topological polar surface area (TPSA) is 43.2 Å². The van der Waals surface area contributed by atoms with E-state index < -0.39 is 0 Å². The molecule has 1 aliphatic rings. The summed E-state index contributed by atoms with van der Waals surface area (Å²) in [6.45, 7) is 7.26. The average Bonchev–Trinajstić information content (AvgIpc) is 2.69. The third-order valence-electron chi connectivity index (χ3n) is 4.62. The maximum absolute atomic E-state index is 12.3. The first-order chi connectivity index (χ1) is 12.7. The normalized spacial score (nSPS) is 14.9. The summed E-state index contributed by atoms with van der Waals surface area (Å²) in [6.07, 6.45) is 0. The molecular weight excluding hydrogens is 328 g/mol. The van der Waals surface area contributed by atoms with Gasteiger partial charge in [-0.2, -0.15) is 0 Å². The van der Waals surface area contributed by atoms with Crippen molar-refractivity contribution in [3.8, 4) is 11.5 Å². The van der Waals surface area contributed by atoms with Crippen LogP contribution in [0.5, 0.6) is 11.5 Å². The van der Waals surface area contributed by atoms with Gasteiger partial charge in [0, 0.05) is 5.56 Å². The molecule has 0 radical (unpaired) electrons. The smallest absolute Gasteiger partial charge is 0.260 e. The molecule has 1 N–H and O–H groups in total. The van der Waals surface area contributed by atoms with E-state index in [4.69, 9.17) is 9.47 Å². The molecule has 138 valence electrons. The minimum Gasteiger partial charge on any atom is -0.494 e. The number of benzene rings is 2. The quantitative estimate of drug-likeness (QED) is 0.816. The van der Waals surface area contributed by atoms with Crippen LogP contribution in [0, 0.1) is 0 Å². The molecule has 0 saturated carbocycles. The molecule has 0 unspecified atom stereocenters. The standard InChI is InChI=1S/C21H26N2O3/c1-2-25-20-10-8-18(9-11-20)16-22-12-14-23(15-13-22)21(24)17-26-19-6-4-3-5-7-19/h3-11H,2,12-17H2,1H3/p+1. The minimum absolute atomic E-state index is 0.0639. The van der Waals surface area contributed by atoms with E-state index in [1.807, 2.05) is 54.3 Å². The second-order valence-electron chi connectivity index (χ2n) is 6.49. The van der Waals surface area contributed by atoms with Crippen LogP contribution in [0.4, 0.5) is 0 Å². The molecular formula is C21H27N2O3+. The summed E-state index contributed by atoms with van der Waals surface area (Å²) in [4.78, 5) is 15.7. The number of amides is 1. The molecule has 1 heterocycles. The fraction of sp³-hybridized carbons (Fsp3) is 0.381. The molecule has 0 atom stereocenters. The molecule has 1 amide bonds. The van der Waals surface area contributed by atoms with Crippen LogP contribution in [0.1, 0.15) is 12.5 Å². The molecule has 0 aromatic heterocycles. The lowest BCUT2D eigenvalue weighted by Crippen LogP contribution is -3.13. The third-order valence-corrected chi connectivity index (χ3v) is 4.62. The highest BCUT2D eigenvalue weighted by Gasteiger charge is 2.24. The van der Waals surface area contributed by atoms with Gasteiger partial charge in [0.2, 0.25) is 0 Å². The Bertz CT molecular complexity index is 680. The molecule has 3 rings (SSSR count). The van der Waals surface area contributed by atoms with E-state index in [0.29, 0.717) is 6.61 Å². The van der Waals surface area contributed by atoms with Gasteiger partial charge >= 0.3 is 0 Å². The second-order valence-corrected chi connectivity index (χ2v) is 6.49. The van der Waals surface area contributed by atoms with Gasteiger partial charge in [0.15, 0.2) is 6.61 Å². The van der Waals surface area contributed by atoms with Crippen molar-refractivity contribution in [2.45, 2.75) is 13.5 Å². The molecule has 0 bridgehead atoms. The zero-order valence-corrected chi connectivity index (χ0v) is 15.3. The lowest BCUT2D eigenvalue weighted by atomic mass is 10.2. The number of hydrogen-bond acceptors (Lipinski definition) is 3. The first-order valence-electron chi connectivity index (χ1n) is 9.25. The Morgan fingerprint density at radius 3 is 2.27 bits per heavy atom. The van der Waals surface area contributed by atoms with Crippen molar-refractivity contribution in [3.63, 3.8) is 0 Å². The summed E-state index contributed by atoms with van der Waals surface area (Å²) < 4.78 is 11.0. The Morgan fingerprint density at radius 2 is 1.62 bits per heavy atom. The Morgan fingerprint density at radius 1 is 0.962 bits per heavy atom. The van der Waals surface area contributed by atoms with Crippen LogP contribution in [-0.4, -0.2) is 50.2 Å². The van der Waals surface area contributed by atoms with Gasteiger partial charge in [-0.05, 0) is 43.3 Å². The maximum Gasteiger partial charge on any atom is 0.260 e. The van der Waals surface area contributed by atoms with Crippen molar-refractivity contribution >= 4 is 5.91 Å². The third kappa shape index (κ3) is 5.23. The van der Waals surface area contributed by atoms with Gasteiger partial charge < -0.3 is 19.3 Å². The zero-order valence-electron chi connectivity index (χ0n) is 15.3. The number of nitrogens with one attached hydrogen (secondary N) is 1. The summed E-state index contributed by atoms with van der Waals surface area (Å²) in [5, 5.41) is 0. The molecule has 0 aliphatic carbocycles. The number of nitrogens with zero attached hydrogens (tertiary/aromatic N) is 1. The van der Waals surface area contributed by atoms with Gasteiger partial charge in [0.05, 0.1) is 32.8 Å². The van der Waals surface area contributed by atoms with E-state index in [1.54, 1.807) is 0 Å². The lowest BCUT2D eigenvalue weighted by Gasteiger charge is -2.32. The molecule has 1 saturated heterocycles.